The minimum atomic E-state index is -0.190. The standard InChI is InChI=1S/C16H22O3/c1-12-15(10-16(17-2)18-3)14(11-19-12)9-13-7-5-4-6-8-13/h4-8,14,16H,9-11H2,1-3H3. The molecule has 1 unspecified atom stereocenters. The summed E-state index contributed by atoms with van der Waals surface area (Å²) in [7, 11) is 3.35. The van der Waals surface area contributed by atoms with Gasteiger partial charge in [-0.3, -0.25) is 0 Å². The van der Waals surface area contributed by atoms with Crippen LogP contribution in [0.2, 0.25) is 0 Å². The Balaban J connectivity index is 2.05. The molecule has 1 aromatic rings. The van der Waals surface area contributed by atoms with Crippen LogP contribution in [0.5, 0.6) is 0 Å². The third-order valence-electron chi connectivity index (χ3n) is 3.68. The molecule has 104 valence electrons. The van der Waals surface area contributed by atoms with Crippen LogP contribution in [-0.4, -0.2) is 27.1 Å². The van der Waals surface area contributed by atoms with E-state index in [0.29, 0.717) is 5.92 Å². The summed E-state index contributed by atoms with van der Waals surface area (Å²) in [6, 6.07) is 10.5. The molecule has 1 heterocycles. The van der Waals surface area contributed by atoms with Gasteiger partial charge in [0.1, 0.15) is 0 Å². The lowest BCUT2D eigenvalue weighted by Crippen LogP contribution is -2.18. The molecule has 2 rings (SSSR count). The van der Waals surface area contributed by atoms with Gasteiger partial charge in [0.25, 0.3) is 0 Å². The molecule has 0 amide bonds. The third kappa shape index (κ3) is 3.58. The monoisotopic (exact) mass is 262 g/mol. The van der Waals surface area contributed by atoms with Gasteiger partial charge in [-0.2, -0.15) is 0 Å². The Morgan fingerprint density at radius 2 is 1.89 bits per heavy atom. The molecular weight excluding hydrogens is 240 g/mol. The zero-order valence-corrected chi connectivity index (χ0v) is 11.9. The van der Waals surface area contributed by atoms with E-state index in [2.05, 4.69) is 24.3 Å². The molecule has 0 N–H and O–H groups in total. The molecule has 3 heteroatoms. The van der Waals surface area contributed by atoms with Gasteiger partial charge >= 0.3 is 0 Å². The number of hydrogen-bond donors (Lipinski definition) is 0. The minimum absolute atomic E-state index is 0.190. The molecule has 0 bridgehead atoms. The Bertz CT molecular complexity index is 421. The van der Waals surface area contributed by atoms with E-state index in [1.807, 2.05) is 13.0 Å². The highest BCUT2D eigenvalue weighted by Crippen LogP contribution is 2.32. The number of benzene rings is 1. The van der Waals surface area contributed by atoms with Gasteiger partial charge in [-0.05, 0) is 24.5 Å². The second-order valence-electron chi connectivity index (χ2n) is 4.88. The molecule has 1 aliphatic rings. The Morgan fingerprint density at radius 1 is 1.21 bits per heavy atom. The van der Waals surface area contributed by atoms with Crippen LogP contribution in [0, 0.1) is 5.92 Å². The van der Waals surface area contributed by atoms with Crippen molar-refractivity contribution in [3.8, 4) is 0 Å². The van der Waals surface area contributed by atoms with Gasteiger partial charge in [-0.1, -0.05) is 30.3 Å². The van der Waals surface area contributed by atoms with Crippen LogP contribution < -0.4 is 0 Å². The SMILES string of the molecule is COC(CC1=C(C)OCC1Cc1ccccc1)OC. The predicted molar refractivity (Wildman–Crippen MR) is 74.7 cm³/mol. The Kier molecular flexibility index (Phi) is 5.00. The summed E-state index contributed by atoms with van der Waals surface area (Å²) in [5, 5.41) is 0. The van der Waals surface area contributed by atoms with Crippen LogP contribution in [0.1, 0.15) is 18.9 Å². The van der Waals surface area contributed by atoms with Gasteiger partial charge in [0.05, 0.1) is 12.4 Å². The van der Waals surface area contributed by atoms with Gasteiger partial charge in [-0.15, -0.1) is 0 Å². The molecule has 0 fully saturated rings. The summed E-state index contributed by atoms with van der Waals surface area (Å²) in [6.45, 7) is 2.79. The molecule has 3 nitrogen and oxygen atoms in total. The van der Waals surface area contributed by atoms with Crippen molar-refractivity contribution in [2.24, 2.45) is 5.92 Å². The zero-order chi connectivity index (χ0) is 13.7. The van der Waals surface area contributed by atoms with E-state index in [1.165, 1.54) is 11.1 Å². The van der Waals surface area contributed by atoms with E-state index in [-0.39, 0.29) is 6.29 Å². The summed E-state index contributed by atoms with van der Waals surface area (Å²) in [5.41, 5.74) is 2.66. The number of methoxy groups -OCH3 is 2. The van der Waals surface area contributed by atoms with E-state index in [4.69, 9.17) is 14.2 Å². The van der Waals surface area contributed by atoms with E-state index < -0.39 is 0 Å². The Hall–Kier alpha value is -1.32. The average molecular weight is 262 g/mol. The second kappa shape index (κ2) is 6.73. The van der Waals surface area contributed by atoms with Crippen LogP contribution in [0.25, 0.3) is 0 Å². The first kappa shape index (κ1) is 14.1. The zero-order valence-electron chi connectivity index (χ0n) is 11.9. The van der Waals surface area contributed by atoms with Gasteiger partial charge < -0.3 is 14.2 Å². The normalized spacial score (nSPS) is 19.1. The van der Waals surface area contributed by atoms with E-state index >= 15 is 0 Å². The first-order valence-electron chi connectivity index (χ1n) is 6.66. The molecule has 19 heavy (non-hydrogen) atoms. The number of hydrogen-bond acceptors (Lipinski definition) is 3. The van der Waals surface area contributed by atoms with Gasteiger partial charge in [0.15, 0.2) is 6.29 Å². The maximum Gasteiger partial charge on any atom is 0.160 e. The number of ether oxygens (including phenoxy) is 3. The minimum Gasteiger partial charge on any atom is -0.498 e. The quantitative estimate of drug-likeness (QED) is 0.737. The van der Waals surface area contributed by atoms with Gasteiger partial charge in [0, 0.05) is 26.6 Å². The molecule has 0 saturated heterocycles. The van der Waals surface area contributed by atoms with Gasteiger partial charge in [-0.25, -0.2) is 0 Å². The van der Waals surface area contributed by atoms with Crippen LogP contribution in [0.3, 0.4) is 0 Å². The fourth-order valence-electron chi connectivity index (χ4n) is 2.54. The predicted octanol–water partition coefficient (Wildman–Crippen LogP) is 3.16. The number of rotatable bonds is 6. The van der Waals surface area contributed by atoms with Crippen molar-refractivity contribution in [3.63, 3.8) is 0 Å². The molecule has 0 spiro atoms. The van der Waals surface area contributed by atoms with Crippen molar-refractivity contribution in [2.75, 3.05) is 20.8 Å². The molecule has 0 aromatic heterocycles. The fourth-order valence-corrected chi connectivity index (χ4v) is 2.54. The lowest BCUT2D eigenvalue weighted by Gasteiger charge is -2.18. The van der Waals surface area contributed by atoms with Crippen LogP contribution in [0.4, 0.5) is 0 Å². The first-order valence-corrected chi connectivity index (χ1v) is 6.66. The third-order valence-corrected chi connectivity index (χ3v) is 3.68. The fraction of sp³-hybridized carbons (Fsp3) is 0.500. The van der Waals surface area contributed by atoms with Crippen molar-refractivity contribution in [1.82, 2.24) is 0 Å². The summed E-state index contributed by atoms with van der Waals surface area (Å²) >= 11 is 0. The van der Waals surface area contributed by atoms with Crippen LogP contribution in [0.15, 0.2) is 41.7 Å². The molecule has 1 aliphatic heterocycles. The highest BCUT2D eigenvalue weighted by atomic mass is 16.7. The molecule has 0 radical (unpaired) electrons. The van der Waals surface area contributed by atoms with Crippen molar-refractivity contribution in [2.45, 2.75) is 26.1 Å². The Labute approximate surface area is 115 Å². The maximum absolute atomic E-state index is 5.71. The van der Waals surface area contributed by atoms with E-state index in [0.717, 1.165) is 25.2 Å². The number of allylic oxidation sites excluding steroid dienone is 1. The lowest BCUT2D eigenvalue weighted by atomic mass is 9.91. The van der Waals surface area contributed by atoms with Crippen LogP contribution in [-0.2, 0) is 20.6 Å². The first-order chi connectivity index (χ1) is 9.24. The maximum atomic E-state index is 5.71. The summed E-state index contributed by atoms with van der Waals surface area (Å²) in [4.78, 5) is 0. The molecule has 1 aromatic carbocycles. The average Bonchev–Trinajstić information content (AvgIpc) is 2.78. The smallest absolute Gasteiger partial charge is 0.160 e. The van der Waals surface area contributed by atoms with Crippen molar-refractivity contribution >= 4 is 0 Å². The van der Waals surface area contributed by atoms with E-state index in [9.17, 15) is 0 Å². The largest absolute Gasteiger partial charge is 0.498 e. The van der Waals surface area contributed by atoms with Crippen molar-refractivity contribution < 1.29 is 14.2 Å². The summed E-state index contributed by atoms with van der Waals surface area (Å²) in [5.74, 6) is 1.45. The van der Waals surface area contributed by atoms with Gasteiger partial charge in [0.2, 0.25) is 0 Å². The second-order valence-corrected chi connectivity index (χ2v) is 4.88. The molecule has 0 saturated carbocycles. The van der Waals surface area contributed by atoms with E-state index in [1.54, 1.807) is 14.2 Å². The highest BCUT2D eigenvalue weighted by Gasteiger charge is 2.27. The van der Waals surface area contributed by atoms with Crippen LogP contribution >= 0.6 is 0 Å². The summed E-state index contributed by atoms with van der Waals surface area (Å²) < 4.78 is 16.3. The lowest BCUT2D eigenvalue weighted by molar-refractivity contribution is -0.101. The topological polar surface area (TPSA) is 27.7 Å². The van der Waals surface area contributed by atoms with Crippen molar-refractivity contribution in [1.29, 1.82) is 0 Å². The summed E-state index contributed by atoms with van der Waals surface area (Å²) in [6.07, 6.45) is 1.59. The highest BCUT2D eigenvalue weighted by molar-refractivity contribution is 5.22. The van der Waals surface area contributed by atoms with Crippen molar-refractivity contribution in [3.05, 3.63) is 47.2 Å². The molecule has 1 atom stereocenters. The molecular formula is C16H22O3. The Morgan fingerprint density at radius 3 is 2.53 bits per heavy atom. The molecule has 0 aliphatic carbocycles.